The summed E-state index contributed by atoms with van der Waals surface area (Å²) >= 11 is 4.55. The van der Waals surface area contributed by atoms with E-state index in [4.69, 9.17) is 0 Å². The van der Waals surface area contributed by atoms with Crippen LogP contribution < -0.4 is 5.32 Å². The summed E-state index contributed by atoms with van der Waals surface area (Å²) in [6.45, 7) is 4.50. The van der Waals surface area contributed by atoms with Crippen LogP contribution in [0, 0.1) is 6.92 Å². The molecule has 1 unspecified atom stereocenters. The van der Waals surface area contributed by atoms with Gasteiger partial charge in [-0.2, -0.15) is 0 Å². The maximum Gasteiger partial charge on any atom is 0.264 e. The van der Waals surface area contributed by atoms with E-state index in [1.54, 1.807) is 6.92 Å². The molecule has 0 aliphatic carbocycles. The monoisotopic (exact) mass is 277 g/mol. The molecule has 1 aromatic heterocycles. The van der Waals surface area contributed by atoms with Gasteiger partial charge in [-0.05, 0) is 24.9 Å². The molecule has 14 heavy (non-hydrogen) atoms. The number of rotatable bonds is 4. The summed E-state index contributed by atoms with van der Waals surface area (Å²) in [6, 6.07) is 0. The highest BCUT2D eigenvalue weighted by Gasteiger charge is 2.12. The quantitative estimate of drug-likeness (QED) is 0.854. The number of hydrogen-bond acceptors (Lipinski definition) is 4. The van der Waals surface area contributed by atoms with Crippen molar-refractivity contribution in [1.29, 1.82) is 0 Å². The van der Waals surface area contributed by atoms with Crippen molar-refractivity contribution in [3.05, 3.63) is 10.6 Å². The van der Waals surface area contributed by atoms with Crippen LogP contribution in [-0.2, 0) is 0 Å². The Kier molecular flexibility index (Phi) is 4.47. The lowest BCUT2D eigenvalue weighted by Crippen LogP contribution is -2.25. The Balaban J connectivity index is 2.40. The van der Waals surface area contributed by atoms with Crippen LogP contribution in [0.3, 0.4) is 0 Å². The summed E-state index contributed by atoms with van der Waals surface area (Å²) in [5.41, 5.74) is 0.694. The van der Waals surface area contributed by atoms with Gasteiger partial charge >= 0.3 is 0 Å². The minimum atomic E-state index is -0.0781. The van der Waals surface area contributed by atoms with Gasteiger partial charge in [0, 0.05) is 11.4 Å². The number of carbonyl (C=O) groups excluding carboxylic acids is 1. The number of aryl methyl sites for hydroxylation is 1. The van der Waals surface area contributed by atoms with Gasteiger partial charge in [-0.15, -0.1) is 5.10 Å². The SMILES string of the molecule is Cc1nnsc1C(=O)NCCC(C)Br. The van der Waals surface area contributed by atoms with Crippen molar-refractivity contribution in [2.24, 2.45) is 0 Å². The van der Waals surface area contributed by atoms with E-state index in [1.165, 1.54) is 0 Å². The van der Waals surface area contributed by atoms with Crippen LogP contribution in [0.2, 0.25) is 0 Å². The second kappa shape index (κ2) is 5.41. The highest BCUT2D eigenvalue weighted by molar-refractivity contribution is 9.09. The van der Waals surface area contributed by atoms with Crippen molar-refractivity contribution in [1.82, 2.24) is 14.9 Å². The summed E-state index contributed by atoms with van der Waals surface area (Å²) in [5, 5.41) is 6.60. The van der Waals surface area contributed by atoms with Crippen LogP contribution in [-0.4, -0.2) is 26.9 Å². The third-order valence-corrected chi connectivity index (χ3v) is 2.97. The molecule has 0 aliphatic rings. The van der Waals surface area contributed by atoms with Gasteiger partial charge in [0.25, 0.3) is 5.91 Å². The standard InChI is InChI=1S/C8H12BrN3OS/c1-5(9)3-4-10-8(13)7-6(2)11-12-14-7/h5H,3-4H2,1-2H3,(H,10,13). The number of carbonyl (C=O) groups is 1. The first-order chi connectivity index (χ1) is 6.61. The highest BCUT2D eigenvalue weighted by Crippen LogP contribution is 2.08. The van der Waals surface area contributed by atoms with Gasteiger partial charge in [0.2, 0.25) is 0 Å². The molecule has 0 aromatic carbocycles. The van der Waals surface area contributed by atoms with Crippen molar-refractivity contribution < 1.29 is 4.79 Å². The fourth-order valence-electron chi connectivity index (χ4n) is 0.905. The number of aromatic nitrogens is 2. The second-order valence-corrected chi connectivity index (χ2v) is 5.33. The Labute approximate surface area is 95.4 Å². The summed E-state index contributed by atoms with van der Waals surface area (Å²) in [7, 11) is 0. The summed E-state index contributed by atoms with van der Waals surface area (Å²) < 4.78 is 3.71. The molecule has 0 spiro atoms. The molecule has 1 amide bonds. The summed E-state index contributed by atoms with van der Waals surface area (Å²) in [6.07, 6.45) is 0.914. The third-order valence-electron chi connectivity index (χ3n) is 1.69. The van der Waals surface area contributed by atoms with E-state index in [2.05, 4.69) is 30.8 Å². The van der Waals surface area contributed by atoms with Gasteiger partial charge < -0.3 is 5.32 Å². The minimum absolute atomic E-state index is 0.0781. The lowest BCUT2D eigenvalue weighted by molar-refractivity contribution is 0.0956. The van der Waals surface area contributed by atoms with Crippen LogP contribution in [0.4, 0.5) is 0 Å². The second-order valence-electron chi connectivity index (χ2n) is 3.01. The molecule has 6 heteroatoms. The van der Waals surface area contributed by atoms with Crippen molar-refractivity contribution in [2.45, 2.75) is 25.1 Å². The highest BCUT2D eigenvalue weighted by atomic mass is 79.9. The van der Waals surface area contributed by atoms with E-state index in [0.717, 1.165) is 18.0 Å². The zero-order valence-corrected chi connectivity index (χ0v) is 10.5. The molecule has 1 heterocycles. The third kappa shape index (κ3) is 3.34. The molecule has 1 rings (SSSR count). The van der Waals surface area contributed by atoms with E-state index in [-0.39, 0.29) is 5.91 Å². The maximum atomic E-state index is 11.5. The van der Waals surface area contributed by atoms with E-state index in [0.29, 0.717) is 21.9 Å². The molecule has 0 saturated heterocycles. The van der Waals surface area contributed by atoms with E-state index in [1.807, 2.05) is 6.92 Å². The molecule has 1 aromatic rings. The van der Waals surface area contributed by atoms with Gasteiger partial charge in [0.15, 0.2) is 0 Å². The number of amides is 1. The predicted octanol–water partition coefficient (Wildman–Crippen LogP) is 1.75. The fraction of sp³-hybridized carbons (Fsp3) is 0.625. The number of nitrogens with zero attached hydrogens (tertiary/aromatic N) is 2. The number of alkyl halides is 1. The molecular formula is C8H12BrN3OS. The number of hydrogen-bond donors (Lipinski definition) is 1. The van der Waals surface area contributed by atoms with Gasteiger partial charge in [-0.1, -0.05) is 27.3 Å². The average Bonchev–Trinajstić information content (AvgIpc) is 2.50. The maximum absolute atomic E-state index is 11.5. The normalized spacial score (nSPS) is 12.5. The predicted molar refractivity (Wildman–Crippen MR) is 60.0 cm³/mol. The first-order valence-corrected chi connectivity index (χ1v) is 6.01. The van der Waals surface area contributed by atoms with Gasteiger partial charge in [-0.25, -0.2) is 0 Å². The molecular weight excluding hydrogens is 266 g/mol. The molecule has 1 atom stereocenters. The van der Waals surface area contributed by atoms with Crippen LogP contribution >= 0.6 is 27.5 Å². The van der Waals surface area contributed by atoms with Gasteiger partial charge in [-0.3, -0.25) is 4.79 Å². The van der Waals surface area contributed by atoms with Gasteiger partial charge in [0.05, 0.1) is 5.69 Å². The average molecular weight is 278 g/mol. The Morgan fingerprint density at radius 3 is 2.93 bits per heavy atom. The van der Waals surface area contributed by atoms with E-state index < -0.39 is 0 Å². The Morgan fingerprint density at radius 2 is 2.43 bits per heavy atom. The van der Waals surface area contributed by atoms with Crippen molar-refractivity contribution in [2.75, 3.05) is 6.54 Å². The van der Waals surface area contributed by atoms with Crippen LogP contribution in [0.25, 0.3) is 0 Å². The molecule has 0 saturated carbocycles. The van der Waals surface area contributed by atoms with Gasteiger partial charge in [0.1, 0.15) is 4.88 Å². The summed E-state index contributed by atoms with van der Waals surface area (Å²) in [4.78, 5) is 12.5. The molecule has 78 valence electrons. The lowest BCUT2D eigenvalue weighted by atomic mass is 10.3. The van der Waals surface area contributed by atoms with Crippen molar-refractivity contribution in [3.8, 4) is 0 Å². The van der Waals surface area contributed by atoms with Crippen LogP contribution in [0.1, 0.15) is 28.7 Å². The first kappa shape index (κ1) is 11.6. The molecule has 0 radical (unpaired) electrons. The Morgan fingerprint density at radius 1 is 1.71 bits per heavy atom. The summed E-state index contributed by atoms with van der Waals surface area (Å²) in [5.74, 6) is -0.0781. The van der Waals surface area contributed by atoms with E-state index >= 15 is 0 Å². The molecule has 4 nitrogen and oxygen atoms in total. The first-order valence-electron chi connectivity index (χ1n) is 4.32. The molecule has 0 fully saturated rings. The molecule has 1 N–H and O–H groups in total. The lowest BCUT2D eigenvalue weighted by Gasteiger charge is -2.04. The van der Waals surface area contributed by atoms with Crippen LogP contribution in [0.5, 0.6) is 0 Å². The number of nitrogens with one attached hydrogen (secondary N) is 1. The Hall–Kier alpha value is -0.490. The number of halogens is 1. The van der Waals surface area contributed by atoms with E-state index in [9.17, 15) is 4.79 Å². The van der Waals surface area contributed by atoms with Crippen LogP contribution in [0.15, 0.2) is 0 Å². The topological polar surface area (TPSA) is 54.9 Å². The largest absolute Gasteiger partial charge is 0.351 e. The minimum Gasteiger partial charge on any atom is -0.351 e. The zero-order chi connectivity index (χ0) is 10.6. The Bertz CT molecular complexity index is 313. The fourth-order valence-corrected chi connectivity index (χ4v) is 1.71. The molecule has 0 aliphatic heterocycles. The zero-order valence-electron chi connectivity index (χ0n) is 8.08. The smallest absolute Gasteiger partial charge is 0.264 e. The van der Waals surface area contributed by atoms with Crippen molar-refractivity contribution >= 4 is 33.4 Å². The molecule has 0 bridgehead atoms. The van der Waals surface area contributed by atoms with Crippen molar-refractivity contribution in [3.63, 3.8) is 0 Å².